The molecule has 8 heteroatoms. The number of nitrogens with zero attached hydrogens (tertiary/aromatic N) is 1. The molecule has 0 spiro atoms. The van der Waals surface area contributed by atoms with Crippen molar-refractivity contribution in [1.29, 1.82) is 0 Å². The number of benzene rings is 2. The molecule has 0 bridgehead atoms. The van der Waals surface area contributed by atoms with Gasteiger partial charge < -0.3 is 24.8 Å². The Hall–Kier alpha value is -3.39. The SMILES string of the molecule is CCC(CNC(=O)OCC1c2ccccc2-c2ccccc21)C(=O)N1CCCC(OC)(C(=O)O)C1. The Morgan fingerprint density at radius 3 is 2.31 bits per heavy atom. The molecule has 1 saturated heterocycles. The predicted octanol–water partition coefficient (Wildman–Crippen LogP) is 3.64. The maximum atomic E-state index is 13.1. The zero-order valence-corrected chi connectivity index (χ0v) is 20.2. The Labute approximate surface area is 205 Å². The number of carboxylic acids is 1. The molecule has 1 aliphatic carbocycles. The number of carbonyl (C=O) groups is 3. The van der Waals surface area contributed by atoms with Crippen molar-refractivity contribution in [2.75, 3.05) is 33.4 Å². The van der Waals surface area contributed by atoms with E-state index < -0.39 is 23.6 Å². The molecule has 1 aliphatic heterocycles. The molecule has 0 aromatic heterocycles. The van der Waals surface area contributed by atoms with Gasteiger partial charge in [-0.2, -0.15) is 0 Å². The third kappa shape index (κ3) is 4.89. The maximum absolute atomic E-state index is 13.1. The second-order valence-corrected chi connectivity index (χ2v) is 9.18. The molecule has 4 rings (SSSR count). The number of ether oxygens (including phenoxy) is 2. The Morgan fingerprint density at radius 2 is 1.74 bits per heavy atom. The number of carbonyl (C=O) groups excluding carboxylic acids is 2. The fourth-order valence-corrected chi connectivity index (χ4v) is 5.16. The summed E-state index contributed by atoms with van der Waals surface area (Å²) in [6.45, 7) is 2.66. The fraction of sp³-hybridized carbons (Fsp3) is 0.444. The van der Waals surface area contributed by atoms with E-state index in [1.165, 1.54) is 12.0 Å². The monoisotopic (exact) mass is 480 g/mol. The van der Waals surface area contributed by atoms with Crippen molar-refractivity contribution in [3.8, 4) is 11.1 Å². The van der Waals surface area contributed by atoms with Crippen LogP contribution in [-0.4, -0.2) is 66.9 Å². The van der Waals surface area contributed by atoms with Crippen molar-refractivity contribution in [2.45, 2.75) is 37.7 Å². The number of aliphatic carboxylic acids is 1. The number of fused-ring (bicyclic) bond motifs is 3. The van der Waals surface area contributed by atoms with Gasteiger partial charge in [0, 0.05) is 26.1 Å². The summed E-state index contributed by atoms with van der Waals surface area (Å²) >= 11 is 0. The molecule has 2 aliphatic rings. The molecule has 1 heterocycles. The Kier molecular flexibility index (Phi) is 7.40. The molecule has 0 saturated carbocycles. The lowest BCUT2D eigenvalue weighted by Gasteiger charge is -2.40. The minimum absolute atomic E-state index is 0.000882. The first-order valence-electron chi connectivity index (χ1n) is 12.1. The van der Waals surface area contributed by atoms with Crippen molar-refractivity contribution >= 4 is 18.0 Å². The smallest absolute Gasteiger partial charge is 0.407 e. The van der Waals surface area contributed by atoms with Crippen LogP contribution >= 0.6 is 0 Å². The first kappa shape index (κ1) is 24.7. The average Bonchev–Trinajstić information content (AvgIpc) is 3.21. The van der Waals surface area contributed by atoms with Crippen LogP contribution in [0.4, 0.5) is 4.79 Å². The first-order valence-corrected chi connectivity index (χ1v) is 12.1. The van der Waals surface area contributed by atoms with Crippen LogP contribution in [0.15, 0.2) is 48.5 Å². The zero-order chi connectivity index (χ0) is 25.0. The normalized spacial score (nSPS) is 20.0. The molecular formula is C27H32N2O6. The van der Waals surface area contributed by atoms with Crippen LogP contribution in [0.1, 0.15) is 43.2 Å². The van der Waals surface area contributed by atoms with Crippen molar-refractivity contribution in [3.63, 3.8) is 0 Å². The lowest BCUT2D eigenvalue weighted by Crippen LogP contribution is -2.57. The van der Waals surface area contributed by atoms with Gasteiger partial charge in [-0.3, -0.25) is 4.79 Å². The van der Waals surface area contributed by atoms with Gasteiger partial charge in [0.25, 0.3) is 0 Å². The summed E-state index contributed by atoms with van der Waals surface area (Å²) in [5.74, 6) is -1.77. The standard InChI is InChI=1S/C27H32N2O6/c1-3-18(24(30)29-14-8-13-27(17-29,34-2)25(31)32)15-28-26(33)35-16-23-21-11-6-4-9-19(21)20-10-5-7-12-22(20)23/h4-7,9-12,18,23H,3,8,13-17H2,1-2H3,(H,28,33)(H,31,32). The number of piperidine rings is 1. The Bertz CT molecular complexity index is 1060. The van der Waals surface area contributed by atoms with E-state index in [1.807, 2.05) is 31.2 Å². The van der Waals surface area contributed by atoms with E-state index in [1.54, 1.807) is 0 Å². The van der Waals surface area contributed by atoms with Crippen molar-refractivity contribution < 1.29 is 29.0 Å². The molecule has 2 N–H and O–H groups in total. The number of amides is 2. The Morgan fingerprint density at radius 1 is 1.11 bits per heavy atom. The molecule has 2 unspecified atom stereocenters. The second kappa shape index (κ2) is 10.5. The highest BCUT2D eigenvalue weighted by Gasteiger charge is 2.44. The molecule has 2 aromatic carbocycles. The van der Waals surface area contributed by atoms with Gasteiger partial charge in [-0.1, -0.05) is 55.5 Å². The molecule has 1 fully saturated rings. The maximum Gasteiger partial charge on any atom is 0.407 e. The largest absolute Gasteiger partial charge is 0.479 e. The highest BCUT2D eigenvalue weighted by molar-refractivity contribution is 5.83. The van der Waals surface area contributed by atoms with Gasteiger partial charge in [-0.05, 0) is 41.5 Å². The molecule has 35 heavy (non-hydrogen) atoms. The number of hydrogen-bond donors (Lipinski definition) is 2. The minimum Gasteiger partial charge on any atom is -0.479 e. The quantitative estimate of drug-likeness (QED) is 0.598. The van der Waals surface area contributed by atoms with E-state index in [0.29, 0.717) is 25.8 Å². The molecule has 0 radical (unpaired) electrons. The topological polar surface area (TPSA) is 105 Å². The van der Waals surface area contributed by atoms with E-state index >= 15 is 0 Å². The molecule has 186 valence electrons. The average molecular weight is 481 g/mol. The number of likely N-dealkylation sites (tertiary alicyclic amines) is 1. The lowest BCUT2D eigenvalue weighted by molar-refractivity contribution is -0.172. The van der Waals surface area contributed by atoms with Crippen LogP contribution in [0.25, 0.3) is 11.1 Å². The molecular weight excluding hydrogens is 448 g/mol. The van der Waals surface area contributed by atoms with E-state index in [9.17, 15) is 19.5 Å². The van der Waals surface area contributed by atoms with E-state index in [-0.39, 0.29) is 31.5 Å². The summed E-state index contributed by atoms with van der Waals surface area (Å²) in [5.41, 5.74) is 3.20. The van der Waals surface area contributed by atoms with Crippen molar-refractivity contribution in [2.24, 2.45) is 5.92 Å². The van der Waals surface area contributed by atoms with E-state index in [4.69, 9.17) is 9.47 Å². The minimum atomic E-state index is -1.38. The number of hydrogen-bond acceptors (Lipinski definition) is 5. The van der Waals surface area contributed by atoms with Crippen LogP contribution in [0.2, 0.25) is 0 Å². The van der Waals surface area contributed by atoms with Gasteiger partial charge in [0.15, 0.2) is 5.60 Å². The molecule has 8 nitrogen and oxygen atoms in total. The second-order valence-electron chi connectivity index (χ2n) is 9.18. The summed E-state index contributed by atoms with van der Waals surface area (Å²) in [7, 11) is 1.36. The molecule has 2 atom stereocenters. The number of nitrogens with one attached hydrogen (secondary N) is 1. The van der Waals surface area contributed by atoms with Crippen LogP contribution < -0.4 is 5.32 Å². The molecule has 2 aromatic rings. The Balaban J connectivity index is 1.33. The summed E-state index contributed by atoms with van der Waals surface area (Å²) in [6.07, 6.45) is 0.833. The highest BCUT2D eigenvalue weighted by Crippen LogP contribution is 2.44. The number of alkyl carbamates (subject to hydrolysis) is 1. The van der Waals surface area contributed by atoms with Gasteiger partial charge in [0.2, 0.25) is 5.91 Å². The third-order valence-corrected chi connectivity index (χ3v) is 7.23. The fourth-order valence-electron chi connectivity index (χ4n) is 5.16. The summed E-state index contributed by atoms with van der Waals surface area (Å²) in [4.78, 5) is 38.9. The van der Waals surface area contributed by atoms with Crippen LogP contribution in [0.3, 0.4) is 0 Å². The van der Waals surface area contributed by atoms with Crippen LogP contribution in [0.5, 0.6) is 0 Å². The van der Waals surface area contributed by atoms with Gasteiger partial charge in [-0.15, -0.1) is 0 Å². The zero-order valence-electron chi connectivity index (χ0n) is 20.2. The summed E-state index contributed by atoms with van der Waals surface area (Å²) in [6, 6.07) is 16.2. The van der Waals surface area contributed by atoms with Crippen molar-refractivity contribution in [1.82, 2.24) is 10.2 Å². The van der Waals surface area contributed by atoms with Gasteiger partial charge in [0.05, 0.1) is 12.5 Å². The van der Waals surface area contributed by atoms with Crippen LogP contribution in [0, 0.1) is 5.92 Å². The summed E-state index contributed by atoms with van der Waals surface area (Å²) in [5, 5.41) is 12.3. The van der Waals surface area contributed by atoms with E-state index in [0.717, 1.165) is 22.3 Å². The summed E-state index contributed by atoms with van der Waals surface area (Å²) < 4.78 is 10.8. The van der Waals surface area contributed by atoms with Gasteiger partial charge in [0.1, 0.15) is 6.61 Å². The number of rotatable bonds is 8. The predicted molar refractivity (Wildman–Crippen MR) is 130 cm³/mol. The lowest BCUT2D eigenvalue weighted by atomic mass is 9.91. The highest BCUT2D eigenvalue weighted by atomic mass is 16.5. The van der Waals surface area contributed by atoms with Gasteiger partial charge in [-0.25, -0.2) is 9.59 Å². The van der Waals surface area contributed by atoms with Gasteiger partial charge >= 0.3 is 12.1 Å². The third-order valence-electron chi connectivity index (χ3n) is 7.23. The first-order chi connectivity index (χ1) is 16.9. The van der Waals surface area contributed by atoms with Crippen LogP contribution in [-0.2, 0) is 19.1 Å². The molecule has 2 amide bonds. The number of methoxy groups -OCH3 is 1. The van der Waals surface area contributed by atoms with E-state index in [2.05, 4.69) is 29.6 Å². The van der Waals surface area contributed by atoms with Crippen molar-refractivity contribution in [3.05, 3.63) is 59.7 Å². The number of carboxylic acid groups (broad SMARTS) is 1.